The molecule has 0 aliphatic heterocycles. The summed E-state index contributed by atoms with van der Waals surface area (Å²) in [5.74, 6) is 0.767. The Balaban J connectivity index is 1.65. The Kier molecular flexibility index (Phi) is 7.32. The van der Waals surface area contributed by atoms with Crippen molar-refractivity contribution in [1.29, 1.82) is 0 Å². The average molecular weight is 569 g/mol. The quantitative estimate of drug-likeness (QED) is 0.234. The summed E-state index contributed by atoms with van der Waals surface area (Å²) in [6, 6.07) is 19.1. The first-order valence-corrected chi connectivity index (χ1v) is 11.0. The normalized spacial score (nSPS) is 10.6. The number of benzene rings is 3. The van der Waals surface area contributed by atoms with Gasteiger partial charge in [0, 0.05) is 10.9 Å². The molecule has 0 aromatic heterocycles. The van der Waals surface area contributed by atoms with Crippen LogP contribution in [0.25, 0.3) is 0 Å². The maximum absolute atomic E-state index is 12.5. The fraction of sp³-hybridized carbons (Fsp3) is 0.136. The molecule has 0 aliphatic carbocycles. The van der Waals surface area contributed by atoms with Crippen LogP contribution in [0.2, 0.25) is 0 Å². The SMILES string of the molecule is Cc1cc(Br)cc(Br)c1OC(=O)c1ccc(OCCc2ccccc2)c(Br)c1. The van der Waals surface area contributed by atoms with Gasteiger partial charge in [0.1, 0.15) is 11.5 Å². The molecule has 144 valence electrons. The van der Waals surface area contributed by atoms with Crippen molar-refractivity contribution in [1.82, 2.24) is 0 Å². The molecule has 0 spiro atoms. The van der Waals surface area contributed by atoms with Crippen LogP contribution in [0.15, 0.2) is 74.1 Å². The fourth-order valence-electron chi connectivity index (χ4n) is 2.64. The van der Waals surface area contributed by atoms with Gasteiger partial charge in [0.25, 0.3) is 0 Å². The van der Waals surface area contributed by atoms with Gasteiger partial charge in [0.15, 0.2) is 0 Å². The van der Waals surface area contributed by atoms with Crippen LogP contribution < -0.4 is 9.47 Å². The summed E-state index contributed by atoms with van der Waals surface area (Å²) in [5.41, 5.74) is 2.51. The summed E-state index contributed by atoms with van der Waals surface area (Å²) >= 11 is 10.3. The summed E-state index contributed by atoms with van der Waals surface area (Å²) in [6.45, 7) is 2.44. The van der Waals surface area contributed by atoms with Gasteiger partial charge in [0.2, 0.25) is 0 Å². The van der Waals surface area contributed by atoms with Gasteiger partial charge in [-0.2, -0.15) is 0 Å². The molecular formula is C22H17Br3O3. The lowest BCUT2D eigenvalue weighted by Crippen LogP contribution is -2.10. The van der Waals surface area contributed by atoms with Crippen LogP contribution in [0.5, 0.6) is 11.5 Å². The number of aryl methyl sites for hydroxylation is 1. The van der Waals surface area contributed by atoms with Gasteiger partial charge in [-0.3, -0.25) is 0 Å². The molecule has 0 saturated carbocycles. The third-order valence-corrected chi connectivity index (χ3v) is 5.71. The van der Waals surface area contributed by atoms with E-state index in [4.69, 9.17) is 9.47 Å². The van der Waals surface area contributed by atoms with Gasteiger partial charge >= 0.3 is 5.97 Å². The minimum absolute atomic E-state index is 0.428. The molecule has 0 heterocycles. The van der Waals surface area contributed by atoms with Crippen molar-refractivity contribution in [2.75, 3.05) is 6.61 Å². The topological polar surface area (TPSA) is 35.5 Å². The van der Waals surface area contributed by atoms with E-state index in [1.54, 1.807) is 18.2 Å². The van der Waals surface area contributed by atoms with E-state index >= 15 is 0 Å². The van der Waals surface area contributed by atoms with Gasteiger partial charge in [-0.05, 0) is 80.2 Å². The van der Waals surface area contributed by atoms with Gasteiger partial charge in [0.05, 0.1) is 21.1 Å². The summed E-state index contributed by atoms with van der Waals surface area (Å²) in [6.07, 6.45) is 0.813. The number of esters is 1. The van der Waals surface area contributed by atoms with Crippen molar-refractivity contribution >= 4 is 53.8 Å². The molecule has 0 fully saturated rings. The number of hydrogen-bond donors (Lipinski definition) is 0. The summed E-state index contributed by atoms with van der Waals surface area (Å²) in [4.78, 5) is 12.5. The molecule has 3 nitrogen and oxygen atoms in total. The second-order valence-corrected chi connectivity index (χ2v) is 8.78. The largest absolute Gasteiger partial charge is 0.492 e. The molecule has 0 saturated heterocycles. The smallest absolute Gasteiger partial charge is 0.343 e. The van der Waals surface area contributed by atoms with E-state index in [2.05, 4.69) is 59.9 Å². The molecule has 0 radical (unpaired) electrons. The zero-order chi connectivity index (χ0) is 20.1. The highest BCUT2D eigenvalue weighted by Gasteiger charge is 2.15. The van der Waals surface area contributed by atoms with Crippen LogP contribution in [0.3, 0.4) is 0 Å². The molecule has 3 rings (SSSR count). The van der Waals surface area contributed by atoms with Crippen LogP contribution in [-0.2, 0) is 6.42 Å². The Hall–Kier alpha value is -1.63. The molecule has 3 aromatic rings. The third kappa shape index (κ3) is 5.46. The van der Waals surface area contributed by atoms with Crippen LogP contribution in [0.1, 0.15) is 21.5 Å². The molecule has 0 N–H and O–H groups in total. The average Bonchev–Trinajstić information content (AvgIpc) is 2.66. The highest BCUT2D eigenvalue weighted by atomic mass is 79.9. The standard InChI is InChI=1S/C22H17Br3O3/c1-14-11-17(23)13-19(25)21(14)28-22(26)16-7-8-20(18(24)12-16)27-10-9-15-5-3-2-4-6-15/h2-8,11-13H,9-10H2,1H3. The molecule has 0 unspecified atom stereocenters. The zero-order valence-corrected chi connectivity index (χ0v) is 19.8. The van der Waals surface area contributed by atoms with Crippen LogP contribution >= 0.6 is 47.8 Å². The molecule has 6 heteroatoms. The Morgan fingerprint density at radius 1 is 0.929 bits per heavy atom. The Bertz CT molecular complexity index is 965. The molecule has 0 aliphatic rings. The van der Waals surface area contributed by atoms with Crippen molar-refractivity contribution in [3.8, 4) is 11.5 Å². The number of rotatable bonds is 6. The first-order valence-electron chi connectivity index (χ1n) is 8.58. The van der Waals surface area contributed by atoms with E-state index in [0.717, 1.165) is 16.5 Å². The molecule has 28 heavy (non-hydrogen) atoms. The lowest BCUT2D eigenvalue weighted by atomic mass is 10.2. The number of carbonyl (C=O) groups is 1. The van der Waals surface area contributed by atoms with E-state index < -0.39 is 5.97 Å². The van der Waals surface area contributed by atoms with Gasteiger partial charge in [-0.15, -0.1) is 0 Å². The maximum Gasteiger partial charge on any atom is 0.343 e. The summed E-state index contributed by atoms with van der Waals surface area (Å²) in [5, 5.41) is 0. The number of hydrogen-bond acceptors (Lipinski definition) is 3. The van der Waals surface area contributed by atoms with Crippen molar-refractivity contribution < 1.29 is 14.3 Å². The Labute approximate surface area is 189 Å². The van der Waals surface area contributed by atoms with Crippen molar-refractivity contribution in [2.24, 2.45) is 0 Å². The predicted octanol–water partition coefficient (Wildman–Crippen LogP) is 7.12. The molecule has 3 aromatic carbocycles. The molecule has 0 atom stereocenters. The second-order valence-electron chi connectivity index (χ2n) is 6.15. The lowest BCUT2D eigenvalue weighted by Gasteiger charge is -2.12. The zero-order valence-electron chi connectivity index (χ0n) is 15.0. The van der Waals surface area contributed by atoms with E-state index in [1.165, 1.54) is 5.56 Å². The predicted molar refractivity (Wildman–Crippen MR) is 121 cm³/mol. The molecule has 0 amide bonds. The highest BCUT2D eigenvalue weighted by molar-refractivity contribution is 9.11. The van der Waals surface area contributed by atoms with E-state index in [1.807, 2.05) is 37.3 Å². The van der Waals surface area contributed by atoms with E-state index in [-0.39, 0.29) is 0 Å². The monoisotopic (exact) mass is 566 g/mol. The fourth-order valence-corrected chi connectivity index (χ4v) is 4.65. The number of halogens is 3. The van der Waals surface area contributed by atoms with E-state index in [9.17, 15) is 4.79 Å². The van der Waals surface area contributed by atoms with E-state index in [0.29, 0.717) is 32.6 Å². The highest BCUT2D eigenvalue weighted by Crippen LogP contribution is 2.33. The Morgan fingerprint density at radius 3 is 2.36 bits per heavy atom. The van der Waals surface area contributed by atoms with Crippen LogP contribution in [0.4, 0.5) is 0 Å². The molecule has 0 bridgehead atoms. The number of carbonyl (C=O) groups excluding carboxylic acids is 1. The van der Waals surface area contributed by atoms with Crippen molar-refractivity contribution in [3.05, 3.63) is 90.8 Å². The van der Waals surface area contributed by atoms with Gasteiger partial charge in [-0.1, -0.05) is 46.3 Å². The van der Waals surface area contributed by atoms with Gasteiger partial charge in [-0.25, -0.2) is 4.79 Å². The number of ether oxygens (including phenoxy) is 2. The van der Waals surface area contributed by atoms with Crippen LogP contribution in [-0.4, -0.2) is 12.6 Å². The minimum Gasteiger partial charge on any atom is -0.492 e. The summed E-state index contributed by atoms with van der Waals surface area (Å²) in [7, 11) is 0. The maximum atomic E-state index is 12.5. The van der Waals surface area contributed by atoms with Gasteiger partial charge < -0.3 is 9.47 Å². The van der Waals surface area contributed by atoms with Crippen LogP contribution in [0, 0.1) is 6.92 Å². The first-order chi connectivity index (χ1) is 13.4. The summed E-state index contributed by atoms with van der Waals surface area (Å²) < 4.78 is 13.8. The molecular weight excluding hydrogens is 552 g/mol. The second kappa shape index (κ2) is 9.72. The van der Waals surface area contributed by atoms with Crippen molar-refractivity contribution in [3.63, 3.8) is 0 Å². The third-order valence-electron chi connectivity index (χ3n) is 4.05. The Morgan fingerprint density at radius 2 is 1.68 bits per heavy atom. The lowest BCUT2D eigenvalue weighted by molar-refractivity contribution is 0.0732. The van der Waals surface area contributed by atoms with Crippen molar-refractivity contribution in [2.45, 2.75) is 13.3 Å². The first kappa shape index (κ1) is 21.1. The minimum atomic E-state index is -0.428.